The highest BCUT2D eigenvalue weighted by atomic mass is 35.5. The molecule has 0 aliphatic heterocycles. The molecule has 0 bridgehead atoms. The Balaban J connectivity index is 1.79. The lowest BCUT2D eigenvalue weighted by Gasteiger charge is -2.15. The number of unbranched alkanes of at least 4 members (excludes halogenated alkanes) is 2. The number of benzene rings is 2. The average molecular weight is 493 g/mol. The third-order valence-electron chi connectivity index (χ3n) is 4.86. The van der Waals surface area contributed by atoms with Crippen molar-refractivity contribution in [2.45, 2.75) is 25.7 Å². The Morgan fingerprint density at radius 2 is 1.85 bits per heavy atom. The Bertz CT molecular complexity index is 1120. The van der Waals surface area contributed by atoms with E-state index in [0.29, 0.717) is 66.6 Å². The molecule has 9 nitrogen and oxygen atoms in total. The molecular formula is C23H26ClFN4O5. The molecule has 182 valence electrons. The van der Waals surface area contributed by atoms with Gasteiger partial charge in [0.15, 0.2) is 11.5 Å². The second-order valence-corrected chi connectivity index (χ2v) is 7.73. The maximum Gasteiger partial charge on any atom is 0.243 e. The zero-order chi connectivity index (χ0) is 24.3. The third-order valence-corrected chi connectivity index (χ3v) is 5.15. The molecule has 0 spiro atoms. The summed E-state index contributed by atoms with van der Waals surface area (Å²) < 4.78 is 30.4. The first-order chi connectivity index (χ1) is 16.5. The molecule has 1 heterocycles. The number of halogens is 2. The summed E-state index contributed by atoms with van der Waals surface area (Å²) in [5.41, 5.74) is 2.81. The van der Waals surface area contributed by atoms with Crippen molar-refractivity contribution in [2.75, 3.05) is 32.2 Å². The smallest absolute Gasteiger partial charge is 0.243 e. The van der Waals surface area contributed by atoms with Crippen LogP contribution in [-0.4, -0.2) is 48.0 Å². The van der Waals surface area contributed by atoms with E-state index < -0.39 is 11.7 Å². The summed E-state index contributed by atoms with van der Waals surface area (Å²) in [5, 5.41) is 12.4. The first-order valence-corrected chi connectivity index (χ1v) is 11.1. The van der Waals surface area contributed by atoms with Gasteiger partial charge in [-0.05, 0) is 43.5 Å². The quantitative estimate of drug-likeness (QED) is 0.180. The summed E-state index contributed by atoms with van der Waals surface area (Å²) in [4.78, 5) is 19.7. The predicted octanol–water partition coefficient (Wildman–Crippen LogP) is 4.64. The molecule has 3 aromatic rings. The van der Waals surface area contributed by atoms with E-state index in [2.05, 4.69) is 15.3 Å². The molecule has 0 unspecified atom stereocenters. The normalized spacial score (nSPS) is 10.8. The second kappa shape index (κ2) is 12.9. The van der Waals surface area contributed by atoms with Crippen molar-refractivity contribution in [3.8, 4) is 11.5 Å². The van der Waals surface area contributed by atoms with Gasteiger partial charge in [-0.1, -0.05) is 11.6 Å². The number of carbonyl (C=O) groups excluding carboxylic acids is 1. The van der Waals surface area contributed by atoms with Crippen LogP contribution in [0.2, 0.25) is 5.02 Å². The van der Waals surface area contributed by atoms with Gasteiger partial charge in [0.2, 0.25) is 5.91 Å². The molecule has 2 aromatic carbocycles. The predicted molar refractivity (Wildman–Crippen MR) is 125 cm³/mol. The molecule has 0 saturated heterocycles. The first-order valence-electron chi connectivity index (χ1n) is 10.7. The fraction of sp³-hybridized carbons (Fsp3) is 0.348. The lowest BCUT2D eigenvalue weighted by molar-refractivity contribution is -0.129. The summed E-state index contributed by atoms with van der Waals surface area (Å²) in [6.07, 6.45) is 3.75. The Morgan fingerprint density at radius 3 is 2.62 bits per heavy atom. The molecule has 34 heavy (non-hydrogen) atoms. The maximum absolute atomic E-state index is 13.5. The van der Waals surface area contributed by atoms with Crippen molar-refractivity contribution >= 4 is 39.9 Å². The third kappa shape index (κ3) is 7.14. The number of methoxy groups -OCH3 is 1. The van der Waals surface area contributed by atoms with Crippen molar-refractivity contribution in [1.82, 2.24) is 15.4 Å². The first kappa shape index (κ1) is 25.4. The summed E-state index contributed by atoms with van der Waals surface area (Å²) in [6.45, 7) is 1.14. The van der Waals surface area contributed by atoms with Crippen LogP contribution in [-0.2, 0) is 9.53 Å². The number of hydrogen-bond acceptors (Lipinski definition) is 8. The largest absolute Gasteiger partial charge is 0.490 e. The Hall–Kier alpha value is -3.21. The molecule has 0 fully saturated rings. The highest BCUT2D eigenvalue weighted by Crippen LogP contribution is 2.35. The van der Waals surface area contributed by atoms with E-state index in [1.54, 1.807) is 30.8 Å². The number of rotatable bonds is 13. The molecule has 1 amide bonds. The molecule has 0 radical (unpaired) electrons. The van der Waals surface area contributed by atoms with Crippen molar-refractivity contribution in [1.29, 1.82) is 0 Å². The molecule has 0 aliphatic carbocycles. The van der Waals surface area contributed by atoms with E-state index in [0.717, 1.165) is 6.42 Å². The summed E-state index contributed by atoms with van der Waals surface area (Å²) in [7, 11) is 1.59. The van der Waals surface area contributed by atoms with Crippen LogP contribution < -0.4 is 20.3 Å². The van der Waals surface area contributed by atoms with Crippen LogP contribution in [0.5, 0.6) is 11.5 Å². The summed E-state index contributed by atoms with van der Waals surface area (Å²) in [6, 6.07) is 7.85. The van der Waals surface area contributed by atoms with Gasteiger partial charge >= 0.3 is 0 Å². The van der Waals surface area contributed by atoms with E-state index in [4.69, 9.17) is 31.0 Å². The maximum atomic E-state index is 13.5. The molecule has 0 atom stereocenters. The molecule has 11 heteroatoms. The minimum atomic E-state index is -0.509. The lowest BCUT2D eigenvalue weighted by atomic mass is 10.2. The number of amides is 1. The van der Waals surface area contributed by atoms with Crippen molar-refractivity contribution in [3.63, 3.8) is 0 Å². The van der Waals surface area contributed by atoms with Gasteiger partial charge in [-0.2, -0.15) is 0 Å². The van der Waals surface area contributed by atoms with E-state index in [1.165, 1.54) is 18.5 Å². The standard InChI is InChI=1S/C23H26ClFN4O5/c1-32-9-10-34-21-13-19-16(12-20(21)33-8-4-2-3-5-22(30)29-31)23(27-14-26-19)28-15-6-7-18(25)17(24)11-15/h6-7,11-14,31H,2-5,8-10H2,1H3,(H,29,30)(H,26,27,28). The number of anilines is 2. The zero-order valence-corrected chi connectivity index (χ0v) is 19.4. The van der Waals surface area contributed by atoms with Crippen LogP contribution in [0.1, 0.15) is 25.7 Å². The van der Waals surface area contributed by atoms with Gasteiger partial charge in [0, 0.05) is 30.7 Å². The van der Waals surface area contributed by atoms with Crippen molar-refractivity contribution in [3.05, 3.63) is 47.5 Å². The minimum Gasteiger partial charge on any atom is -0.490 e. The topological polar surface area (TPSA) is 115 Å². The number of ether oxygens (including phenoxy) is 3. The number of nitrogens with one attached hydrogen (secondary N) is 2. The number of hydroxylamine groups is 1. The van der Waals surface area contributed by atoms with Gasteiger partial charge in [0.05, 0.1) is 23.8 Å². The molecule has 3 N–H and O–H groups in total. The summed E-state index contributed by atoms with van der Waals surface area (Å²) in [5.74, 6) is 0.596. The zero-order valence-electron chi connectivity index (χ0n) is 18.6. The summed E-state index contributed by atoms with van der Waals surface area (Å²) >= 11 is 5.89. The monoisotopic (exact) mass is 492 g/mol. The molecule has 3 rings (SSSR count). The number of hydrogen-bond donors (Lipinski definition) is 3. The van der Waals surface area contributed by atoms with Gasteiger partial charge < -0.3 is 19.5 Å². The Morgan fingerprint density at radius 1 is 1.06 bits per heavy atom. The van der Waals surface area contributed by atoms with Crippen LogP contribution in [0.15, 0.2) is 36.7 Å². The highest BCUT2D eigenvalue weighted by Gasteiger charge is 2.13. The molecule has 1 aromatic heterocycles. The fourth-order valence-electron chi connectivity index (χ4n) is 3.14. The molecule has 0 saturated carbocycles. The Kier molecular flexibility index (Phi) is 9.62. The van der Waals surface area contributed by atoms with Gasteiger partial charge in [-0.25, -0.2) is 19.8 Å². The van der Waals surface area contributed by atoms with Crippen LogP contribution in [0.4, 0.5) is 15.9 Å². The number of aromatic nitrogens is 2. The van der Waals surface area contributed by atoms with E-state index >= 15 is 0 Å². The van der Waals surface area contributed by atoms with E-state index in [-0.39, 0.29) is 11.4 Å². The van der Waals surface area contributed by atoms with Gasteiger partial charge in [-0.15, -0.1) is 0 Å². The molecule has 0 aliphatic rings. The van der Waals surface area contributed by atoms with Crippen LogP contribution >= 0.6 is 11.6 Å². The SMILES string of the molecule is COCCOc1cc2ncnc(Nc3ccc(F)c(Cl)c3)c2cc1OCCCCCC(=O)NO. The number of nitrogens with zero attached hydrogens (tertiary/aromatic N) is 2. The Labute approximate surface area is 201 Å². The minimum absolute atomic E-state index is 0.00215. The second-order valence-electron chi connectivity index (χ2n) is 7.33. The van der Waals surface area contributed by atoms with Crippen LogP contribution in [0.25, 0.3) is 10.9 Å². The highest BCUT2D eigenvalue weighted by molar-refractivity contribution is 6.31. The number of carbonyl (C=O) groups is 1. The van der Waals surface area contributed by atoms with Crippen molar-refractivity contribution in [2.24, 2.45) is 0 Å². The van der Waals surface area contributed by atoms with Crippen LogP contribution in [0, 0.1) is 5.82 Å². The average Bonchev–Trinajstić information content (AvgIpc) is 2.84. The van der Waals surface area contributed by atoms with E-state index in [9.17, 15) is 9.18 Å². The number of fused-ring (bicyclic) bond motifs is 1. The molecular weight excluding hydrogens is 467 g/mol. The van der Waals surface area contributed by atoms with Gasteiger partial charge in [-0.3, -0.25) is 10.0 Å². The lowest BCUT2D eigenvalue weighted by Crippen LogP contribution is -2.17. The van der Waals surface area contributed by atoms with Crippen molar-refractivity contribution < 1.29 is 28.6 Å². The fourth-order valence-corrected chi connectivity index (χ4v) is 3.32. The van der Waals surface area contributed by atoms with Crippen LogP contribution in [0.3, 0.4) is 0 Å². The van der Waals surface area contributed by atoms with Gasteiger partial charge in [0.25, 0.3) is 0 Å². The van der Waals surface area contributed by atoms with Gasteiger partial charge in [0.1, 0.15) is 24.6 Å². The van der Waals surface area contributed by atoms with E-state index in [1.807, 2.05) is 0 Å².